The Balaban J connectivity index is 2.06. The summed E-state index contributed by atoms with van der Waals surface area (Å²) >= 11 is 5.91. The van der Waals surface area contributed by atoms with E-state index >= 15 is 0 Å². The predicted octanol–water partition coefficient (Wildman–Crippen LogP) is 3.99. The summed E-state index contributed by atoms with van der Waals surface area (Å²) in [6.07, 6.45) is 1.41. The van der Waals surface area contributed by atoms with Crippen LogP contribution in [0.4, 0.5) is 8.78 Å². The Kier molecular flexibility index (Phi) is 5.51. The van der Waals surface area contributed by atoms with Crippen LogP contribution >= 0.6 is 11.6 Å². The van der Waals surface area contributed by atoms with Gasteiger partial charge in [-0.3, -0.25) is 0 Å². The molecule has 1 aliphatic heterocycles. The second-order valence-electron chi connectivity index (χ2n) is 5.51. The molecule has 2 aromatic rings. The van der Waals surface area contributed by atoms with Crippen molar-refractivity contribution in [1.29, 1.82) is 0 Å². The first-order valence-corrected chi connectivity index (χ1v) is 8.23. The zero-order valence-electron chi connectivity index (χ0n) is 15.0. The van der Waals surface area contributed by atoms with Crippen LogP contribution in [0.3, 0.4) is 0 Å². The summed E-state index contributed by atoms with van der Waals surface area (Å²) in [6, 6.07) is 4.86. The van der Waals surface area contributed by atoms with E-state index in [1.807, 2.05) is 0 Å². The van der Waals surface area contributed by atoms with Crippen LogP contribution in [0, 0.1) is 11.6 Å². The van der Waals surface area contributed by atoms with Crippen molar-refractivity contribution < 1.29 is 32.5 Å². The van der Waals surface area contributed by atoms with Gasteiger partial charge in [-0.1, -0.05) is 11.6 Å². The number of rotatable bonds is 5. The standard InChI is InChI=1S/C19H14ClF2NO5/c1-25-15-5-4-9(16(26-2)17(15)27-3)6-14-19(24)28-18(23-14)10-7-12(21)13(22)8-11(10)20/h4-8H,1-3H3. The van der Waals surface area contributed by atoms with E-state index < -0.39 is 17.6 Å². The molecular formula is C19H14ClF2NO5. The topological polar surface area (TPSA) is 66.4 Å². The average Bonchev–Trinajstić information content (AvgIpc) is 3.04. The van der Waals surface area contributed by atoms with Gasteiger partial charge in [0.05, 0.1) is 31.9 Å². The number of aliphatic imine (C=N–C) groups is 1. The number of ether oxygens (including phenoxy) is 4. The van der Waals surface area contributed by atoms with Crippen molar-refractivity contribution in [3.63, 3.8) is 0 Å². The third kappa shape index (κ3) is 3.50. The number of hydrogen-bond donors (Lipinski definition) is 0. The molecule has 0 atom stereocenters. The summed E-state index contributed by atoms with van der Waals surface area (Å²) in [6.45, 7) is 0. The first-order valence-electron chi connectivity index (χ1n) is 7.86. The number of halogens is 3. The molecule has 3 rings (SSSR count). The second kappa shape index (κ2) is 7.85. The Labute approximate surface area is 163 Å². The maximum absolute atomic E-state index is 13.5. The minimum atomic E-state index is -1.14. The molecule has 28 heavy (non-hydrogen) atoms. The highest BCUT2D eigenvalue weighted by atomic mass is 35.5. The maximum Gasteiger partial charge on any atom is 0.363 e. The smallest absolute Gasteiger partial charge is 0.363 e. The van der Waals surface area contributed by atoms with Gasteiger partial charge in [0.15, 0.2) is 28.8 Å². The molecule has 0 radical (unpaired) electrons. The molecule has 0 saturated heterocycles. The Hall–Kier alpha value is -3.13. The molecule has 0 aliphatic carbocycles. The van der Waals surface area contributed by atoms with Crippen molar-refractivity contribution in [2.45, 2.75) is 0 Å². The van der Waals surface area contributed by atoms with Crippen LogP contribution in [-0.4, -0.2) is 33.2 Å². The number of carbonyl (C=O) groups excluding carboxylic acids is 1. The van der Waals surface area contributed by atoms with Crippen LogP contribution in [0.25, 0.3) is 6.08 Å². The molecule has 0 saturated carbocycles. The van der Waals surface area contributed by atoms with Gasteiger partial charge in [-0.05, 0) is 30.3 Å². The van der Waals surface area contributed by atoms with E-state index in [-0.39, 0.29) is 22.2 Å². The number of benzene rings is 2. The molecule has 1 heterocycles. The van der Waals surface area contributed by atoms with Gasteiger partial charge < -0.3 is 18.9 Å². The molecule has 146 valence electrons. The van der Waals surface area contributed by atoms with Gasteiger partial charge in [0.2, 0.25) is 11.6 Å². The molecule has 9 heteroatoms. The molecule has 0 spiro atoms. The molecule has 0 aromatic heterocycles. The number of hydrogen-bond acceptors (Lipinski definition) is 6. The normalized spacial score (nSPS) is 14.7. The monoisotopic (exact) mass is 409 g/mol. The molecule has 1 aliphatic rings. The van der Waals surface area contributed by atoms with Crippen molar-refractivity contribution in [1.82, 2.24) is 0 Å². The maximum atomic E-state index is 13.5. The van der Waals surface area contributed by atoms with Crippen molar-refractivity contribution in [2.75, 3.05) is 21.3 Å². The van der Waals surface area contributed by atoms with E-state index in [1.54, 1.807) is 12.1 Å². The van der Waals surface area contributed by atoms with Gasteiger partial charge in [-0.2, -0.15) is 0 Å². The third-order valence-corrected chi connectivity index (χ3v) is 4.20. The molecule has 0 fully saturated rings. The van der Waals surface area contributed by atoms with Crippen molar-refractivity contribution in [3.8, 4) is 17.2 Å². The molecular weight excluding hydrogens is 396 g/mol. The number of methoxy groups -OCH3 is 3. The quantitative estimate of drug-likeness (QED) is 0.424. The lowest BCUT2D eigenvalue weighted by molar-refractivity contribution is -0.129. The highest BCUT2D eigenvalue weighted by Crippen LogP contribution is 2.41. The first-order chi connectivity index (χ1) is 13.4. The van der Waals surface area contributed by atoms with E-state index in [4.69, 9.17) is 30.5 Å². The third-order valence-electron chi connectivity index (χ3n) is 3.89. The van der Waals surface area contributed by atoms with Crippen LogP contribution in [-0.2, 0) is 9.53 Å². The molecule has 0 amide bonds. The SMILES string of the molecule is COc1ccc(C=C2N=C(c3cc(F)c(F)cc3Cl)OC2=O)c(OC)c1OC. The van der Waals surface area contributed by atoms with E-state index in [9.17, 15) is 13.6 Å². The van der Waals surface area contributed by atoms with Gasteiger partial charge in [-0.15, -0.1) is 0 Å². The molecule has 0 N–H and O–H groups in total. The van der Waals surface area contributed by atoms with Crippen LogP contribution in [0.5, 0.6) is 17.2 Å². The Morgan fingerprint density at radius 1 is 1.04 bits per heavy atom. The lowest BCUT2D eigenvalue weighted by Crippen LogP contribution is -2.07. The Bertz CT molecular complexity index is 1020. The summed E-state index contributed by atoms with van der Waals surface area (Å²) in [4.78, 5) is 16.2. The van der Waals surface area contributed by atoms with Crippen LogP contribution in [0.1, 0.15) is 11.1 Å². The van der Waals surface area contributed by atoms with E-state index in [2.05, 4.69) is 4.99 Å². The lowest BCUT2D eigenvalue weighted by atomic mass is 10.1. The lowest BCUT2D eigenvalue weighted by Gasteiger charge is -2.14. The van der Waals surface area contributed by atoms with Gasteiger partial charge in [0.25, 0.3) is 0 Å². The largest absolute Gasteiger partial charge is 0.493 e. The summed E-state index contributed by atoms with van der Waals surface area (Å²) in [5.74, 6) is -2.20. The van der Waals surface area contributed by atoms with Crippen molar-refractivity contribution in [3.05, 3.63) is 57.7 Å². The van der Waals surface area contributed by atoms with E-state index in [0.717, 1.165) is 12.1 Å². The van der Waals surface area contributed by atoms with Gasteiger partial charge >= 0.3 is 5.97 Å². The fourth-order valence-corrected chi connectivity index (χ4v) is 2.83. The van der Waals surface area contributed by atoms with Gasteiger partial charge in [0, 0.05) is 5.56 Å². The zero-order valence-corrected chi connectivity index (χ0v) is 15.8. The minimum Gasteiger partial charge on any atom is -0.493 e. The van der Waals surface area contributed by atoms with E-state index in [1.165, 1.54) is 27.4 Å². The Morgan fingerprint density at radius 3 is 2.36 bits per heavy atom. The minimum absolute atomic E-state index is 0.0448. The number of esters is 1. The fourth-order valence-electron chi connectivity index (χ4n) is 2.60. The summed E-state index contributed by atoms with van der Waals surface area (Å²) < 4.78 is 47.7. The number of carbonyl (C=O) groups is 1. The fraction of sp³-hybridized carbons (Fsp3) is 0.158. The predicted molar refractivity (Wildman–Crippen MR) is 98.1 cm³/mol. The van der Waals surface area contributed by atoms with Crippen LogP contribution < -0.4 is 14.2 Å². The molecule has 2 aromatic carbocycles. The number of cyclic esters (lactones) is 1. The highest BCUT2D eigenvalue weighted by Gasteiger charge is 2.27. The van der Waals surface area contributed by atoms with Gasteiger partial charge in [0.1, 0.15) is 0 Å². The number of nitrogens with zero attached hydrogens (tertiary/aromatic N) is 1. The van der Waals surface area contributed by atoms with Gasteiger partial charge in [-0.25, -0.2) is 18.6 Å². The Morgan fingerprint density at radius 2 is 1.71 bits per heavy atom. The molecule has 0 unspecified atom stereocenters. The first kappa shape index (κ1) is 19.6. The average molecular weight is 410 g/mol. The van der Waals surface area contributed by atoms with Crippen molar-refractivity contribution in [2.24, 2.45) is 4.99 Å². The van der Waals surface area contributed by atoms with Crippen molar-refractivity contribution >= 4 is 29.5 Å². The van der Waals surface area contributed by atoms with E-state index in [0.29, 0.717) is 22.8 Å². The highest BCUT2D eigenvalue weighted by molar-refractivity contribution is 6.34. The summed E-state index contributed by atoms with van der Waals surface area (Å²) in [5.41, 5.74) is 0.339. The summed E-state index contributed by atoms with van der Waals surface area (Å²) in [7, 11) is 4.36. The molecule has 6 nitrogen and oxygen atoms in total. The second-order valence-corrected chi connectivity index (χ2v) is 5.91. The zero-order chi connectivity index (χ0) is 20.4. The molecule has 0 bridgehead atoms. The van der Waals surface area contributed by atoms with Crippen LogP contribution in [0.2, 0.25) is 5.02 Å². The summed E-state index contributed by atoms with van der Waals surface area (Å²) in [5, 5.41) is -0.143. The van der Waals surface area contributed by atoms with Crippen LogP contribution in [0.15, 0.2) is 35.0 Å².